The molecule has 1 aliphatic rings. The second-order valence-corrected chi connectivity index (χ2v) is 8.29. The molecule has 1 saturated heterocycles. The van der Waals surface area contributed by atoms with Crippen LogP contribution in [-0.2, 0) is 4.79 Å². The van der Waals surface area contributed by atoms with Crippen LogP contribution >= 0.6 is 0 Å². The van der Waals surface area contributed by atoms with Gasteiger partial charge in [-0.3, -0.25) is 9.59 Å². The Labute approximate surface area is 182 Å². The van der Waals surface area contributed by atoms with Gasteiger partial charge in [0.2, 0.25) is 0 Å². The van der Waals surface area contributed by atoms with Gasteiger partial charge in [-0.25, -0.2) is 0 Å². The van der Waals surface area contributed by atoms with E-state index in [4.69, 9.17) is 4.74 Å². The molecule has 1 atom stereocenters. The van der Waals surface area contributed by atoms with Crippen LogP contribution in [0.15, 0.2) is 42.5 Å². The zero-order valence-corrected chi connectivity index (χ0v) is 18.2. The van der Waals surface area contributed by atoms with Crippen LogP contribution in [0.5, 0.6) is 17.2 Å². The summed E-state index contributed by atoms with van der Waals surface area (Å²) in [5.41, 5.74) is 1.41. The molecule has 3 N–H and O–H groups in total. The van der Waals surface area contributed by atoms with Gasteiger partial charge in [0.05, 0.1) is 0 Å². The molecule has 0 radical (unpaired) electrons. The fraction of sp³-hybridized carbons (Fsp3) is 0.417. The highest BCUT2D eigenvalue weighted by Gasteiger charge is 2.28. The van der Waals surface area contributed by atoms with Gasteiger partial charge in [-0.1, -0.05) is 26.0 Å². The van der Waals surface area contributed by atoms with Crippen molar-refractivity contribution in [3.63, 3.8) is 0 Å². The van der Waals surface area contributed by atoms with E-state index in [-0.39, 0.29) is 34.9 Å². The molecule has 2 amide bonds. The lowest BCUT2D eigenvalue weighted by atomic mass is 10.0. The predicted octanol–water partition coefficient (Wildman–Crippen LogP) is 3.41. The molecule has 1 unspecified atom stereocenters. The van der Waals surface area contributed by atoms with E-state index >= 15 is 0 Å². The van der Waals surface area contributed by atoms with Crippen molar-refractivity contribution in [1.82, 2.24) is 10.2 Å². The molecular weight excluding hydrogens is 396 g/mol. The van der Waals surface area contributed by atoms with E-state index in [9.17, 15) is 19.8 Å². The van der Waals surface area contributed by atoms with Crippen molar-refractivity contribution in [2.45, 2.75) is 51.7 Å². The Morgan fingerprint density at radius 3 is 2.13 bits per heavy atom. The van der Waals surface area contributed by atoms with Gasteiger partial charge in [0.15, 0.2) is 6.10 Å². The molecule has 0 bridgehead atoms. The fourth-order valence-electron chi connectivity index (χ4n) is 3.68. The number of amides is 2. The number of hydrogen-bond acceptors (Lipinski definition) is 5. The molecular formula is C24H30N2O5. The summed E-state index contributed by atoms with van der Waals surface area (Å²) < 4.78 is 5.83. The van der Waals surface area contributed by atoms with E-state index in [1.165, 1.54) is 23.8 Å². The summed E-state index contributed by atoms with van der Waals surface area (Å²) >= 11 is 0. The summed E-state index contributed by atoms with van der Waals surface area (Å²) in [6.07, 6.45) is 0.655. The maximum Gasteiger partial charge on any atom is 0.263 e. The first-order valence-corrected chi connectivity index (χ1v) is 10.6. The molecule has 0 spiro atoms. The summed E-state index contributed by atoms with van der Waals surface area (Å²) in [7, 11) is 0. The van der Waals surface area contributed by atoms with Gasteiger partial charge in [-0.2, -0.15) is 0 Å². The van der Waals surface area contributed by atoms with Crippen LogP contribution in [0, 0.1) is 0 Å². The summed E-state index contributed by atoms with van der Waals surface area (Å²) in [5, 5.41) is 22.0. The van der Waals surface area contributed by atoms with Gasteiger partial charge in [0.1, 0.15) is 17.2 Å². The number of rotatable bonds is 6. The number of phenols is 2. The number of phenolic OH excluding ortho intramolecular Hbond substituents is 2. The topological polar surface area (TPSA) is 99.1 Å². The molecule has 1 aliphatic heterocycles. The minimum absolute atomic E-state index is 0.0735. The highest BCUT2D eigenvalue weighted by atomic mass is 16.5. The quantitative estimate of drug-likeness (QED) is 0.657. The van der Waals surface area contributed by atoms with Crippen molar-refractivity contribution in [3.8, 4) is 17.2 Å². The van der Waals surface area contributed by atoms with Crippen LogP contribution in [0.25, 0.3) is 0 Å². The Morgan fingerprint density at radius 1 is 1.00 bits per heavy atom. The lowest BCUT2D eigenvalue weighted by molar-refractivity contribution is -0.139. The molecule has 166 valence electrons. The Morgan fingerprint density at radius 2 is 1.58 bits per heavy atom. The third kappa shape index (κ3) is 5.90. The Balaban J connectivity index is 1.49. The van der Waals surface area contributed by atoms with Crippen LogP contribution in [0.1, 0.15) is 55.5 Å². The molecule has 1 heterocycles. The highest BCUT2D eigenvalue weighted by Crippen LogP contribution is 2.22. The molecule has 3 rings (SSSR count). The number of carbonyl (C=O) groups is 2. The molecule has 31 heavy (non-hydrogen) atoms. The van der Waals surface area contributed by atoms with Crippen LogP contribution in [0.4, 0.5) is 0 Å². The second-order valence-electron chi connectivity index (χ2n) is 8.29. The monoisotopic (exact) mass is 426 g/mol. The number of carbonyl (C=O) groups excluding carboxylic acids is 2. The molecule has 7 nitrogen and oxygen atoms in total. The molecule has 0 saturated carbocycles. The predicted molar refractivity (Wildman–Crippen MR) is 117 cm³/mol. The van der Waals surface area contributed by atoms with E-state index in [2.05, 4.69) is 19.2 Å². The fourth-order valence-corrected chi connectivity index (χ4v) is 3.68. The minimum Gasteiger partial charge on any atom is -0.508 e. The average Bonchev–Trinajstić information content (AvgIpc) is 2.73. The lowest BCUT2D eigenvalue weighted by Gasteiger charge is -2.33. The number of nitrogens with zero attached hydrogens (tertiary/aromatic N) is 1. The van der Waals surface area contributed by atoms with Gasteiger partial charge >= 0.3 is 0 Å². The molecule has 1 fully saturated rings. The zero-order chi connectivity index (χ0) is 22.5. The van der Waals surface area contributed by atoms with Crippen molar-refractivity contribution >= 4 is 11.8 Å². The maximum atomic E-state index is 12.8. The third-order valence-corrected chi connectivity index (χ3v) is 5.51. The second kappa shape index (κ2) is 9.73. The highest BCUT2D eigenvalue weighted by molar-refractivity contribution is 5.95. The summed E-state index contributed by atoms with van der Waals surface area (Å²) in [6.45, 7) is 7.05. The Bertz CT molecular complexity index is 898. The third-order valence-electron chi connectivity index (χ3n) is 5.51. The first-order valence-electron chi connectivity index (χ1n) is 10.6. The van der Waals surface area contributed by atoms with Crippen molar-refractivity contribution in [1.29, 1.82) is 0 Å². The Hall–Kier alpha value is -3.22. The van der Waals surface area contributed by atoms with E-state index in [0.29, 0.717) is 37.6 Å². The van der Waals surface area contributed by atoms with Gasteiger partial charge in [0.25, 0.3) is 11.8 Å². The first kappa shape index (κ1) is 22.5. The van der Waals surface area contributed by atoms with E-state index in [1.807, 2.05) is 24.3 Å². The zero-order valence-electron chi connectivity index (χ0n) is 18.2. The van der Waals surface area contributed by atoms with Gasteiger partial charge in [0, 0.05) is 30.8 Å². The van der Waals surface area contributed by atoms with Crippen LogP contribution in [0.3, 0.4) is 0 Å². The lowest BCUT2D eigenvalue weighted by Crippen LogP contribution is -2.49. The van der Waals surface area contributed by atoms with Crippen molar-refractivity contribution in [2.24, 2.45) is 0 Å². The molecule has 2 aromatic rings. The molecule has 0 aliphatic carbocycles. The van der Waals surface area contributed by atoms with Gasteiger partial charge in [-0.05, 0) is 55.5 Å². The standard InChI is InChI=1S/C24H30N2O5/c1-15(2)17-4-6-22(7-5-17)31-16(3)24(30)26-10-8-19(9-11-26)25-23(29)18-12-20(27)14-21(28)13-18/h4-7,12-16,19,27-28H,8-11H2,1-3H3,(H,25,29). The number of nitrogens with one attached hydrogen (secondary N) is 1. The molecule has 0 aromatic heterocycles. The van der Waals surface area contributed by atoms with E-state index in [0.717, 1.165) is 0 Å². The minimum atomic E-state index is -0.591. The molecule has 2 aromatic carbocycles. The molecule has 7 heteroatoms. The summed E-state index contributed by atoms with van der Waals surface area (Å²) in [5.74, 6) is 0.333. The van der Waals surface area contributed by atoms with Crippen molar-refractivity contribution < 1.29 is 24.5 Å². The number of hydrogen-bond donors (Lipinski definition) is 3. The largest absolute Gasteiger partial charge is 0.508 e. The average molecular weight is 427 g/mol. The number of piperidine rings is 1. The summed E-state index contributed by atoms with van der Waals surface area (Å²) in [4.78, 5) is 26.9. The maximum absolute atomic E-state index is 12.8. The van der Waals surface area contributed by atoms with Crippen LogP contribution < -0.4 is 10.1 Å². The van der Waals surface area contributed by atoms with E-state index < -0.39 is 6.10 Å². The van der Waals surface area contributed by atoms with Crippen molar-refractivity contribution in [3.05, 3.63) is 53.6 Å². The van der Waals surface area contributed by atoms with E-state index in [1.54, 1.807) is 11.8 Å². The number of benzene rings is 2. The van der Waals surface area contributed by atoms with Gasteiger partial charge < -0.3 is 25.2 Å². The number of aromatic hydroxyl groups is 2. The normalized spacial score (nSPS) is 15.5. The summed E-state index contributed by atoms with van der Waals surface area (Å²) in [6, 6.07) is 11.5. The van der Waals surface area contributed by atoms with Crippen LogP contribution in [0.2, 0.25) is 0 Å². The Kier molecular flexibility index (Phi) is 7.05. The number of likely N-dealkylation sites (tertiary alicyclic amines) is 1. The number of ether oxygens (including phenoxy) is 1. The van der Waals surface area contributed by atoms with Crippen LogP contribution in [-0.4, -0.2) is 52.2 Å². The van der Waals surface area contributed by atoms with Gasteiger partial charge in [-0.15, -0.1) is 0 Å². The first-order chi connectivity index (χ1) is 14.7. The van der Waals surface area contributed by atoms with Crippen molar-refractivity contribution in [2.75, 3.05) is 13.1 Å². The smallest absolute Gasteiger partial charge is 0.263 e. The SMILES string of the molecule is CC(Oc1ccc(C(C)C)cc1)C(=O)N1CCC(NC(=O)c2cc(O)cc(O)c2)CC1.